The second-order valence-corrected chi connectivity index (χ2v) is 3.88. The summed E-state index contributed by atoms with van der Waals surface area (Å²) in [6.45, 7) is 16.2. The summed E-state index contributed by atoms with van der Waals surface area (Å²) in [6, 6.07) is 8.60. The molecule has 0 saturated carbocycles. The number of rotatable bonds is 2. The Bertz CT molecular complexity index is 447. The normalized spacial score (nSPS) is 16.2. The van der Waals surface area contributed by atoms with Gasteiger partial charge in [0.2, 0.25) is 0 Å². The fourth-order valence-corrected chi connectivity index (χ4v) is 2.32. The van der Waals surface area contributed by atoms with Crippen LogP contribution < -0.4 is 0 Å². The van der Waals surface area contributed by atoms with E-state index in [1.54, 1.807) is 0 Å². The summed E-state index contributed by atoms with van der Waals surface area (Å²) in [5, 5.41) is 0. The van der Waals surface area contributed by atoms with Crippen molar-refractivity contribution in [3.63, 3.8) is 0 Å². The topological polar surface area (TPSA) is 0 Å². The van der Waals surface area contributed by atoms with Gasteiger partial charge in [-0.05, 0) is 29.2 Å². The van der Waals surface area contributed by atoms with Crippen LogP contribution in [0.1, 0.15) is 58.6 Å². The van der Waals surface area contributed by atoms with Crippen LogP contribution in [-0.2, 0) is 0 Å². The molecule has 1 aliphatic carbocycles. The average Bonchev–Trinajstić information content (AvgIpc) is 2.77. The first kappa shape index (κ1) is 17.4. The third kappa shape index (κ3) is 3.70. The minimum Gasteiger partial charge on any atom is -0.0987 e. The van der Waals surface area contributed by atoms with E-state index in [2.05, 4.69) is 56.8 Å². The highest BCUT2D eigenvalue weighted by atomic mass is 14.3. The Morgan fingerprint density at radius 3 is 2.16 bits per heavy atom. The van der Waals surface area contributed by atoms with Crippen molar-refractivity contribution >= 4 is 5.57 Å². The molecule has 1 aromatic rings. The molecular weight excluding hydrogens is 228 g/mol. The third-order valence-electron chi connectivity index (χ3n) is 3.05. The van der Waals surface area contributed by atoms with Gasteiger partial charge in [-0.15, -0.1) is 0 Å². The molecule has 1 atom stereocenters. The fourth-order valence-electron chi connectivity index (χ4n) is 2.32. The lowest BCUT2D eigenvalue weighted by atomic mass is 9.98. The third-order valence-corrected chi connectivity index (χ3v) is 3.05. The fraction of sp³-hybridized carbons (Fsp3) is 0.368. The van der Waals surface area contributed by atoms with E-state index < -0.39 is 0 Å². The van der Waals surface area contributed by atoms with Crippen LogP contribution in [0.25, 0.3) is 5.57 Å². The van der Waals surface area contributed by atoms with Crippen LogP contribution in [0.2, 0.25) is 0 Å². The van der Waals surface area contributed by atoms with Gasteiger partial charge in [0, 0.05) is 5.92 Å². The monoisotopic (exact) mass is 256 g/mol. The molecule has 0 fully saturated rings. The Morgan fingerprint density at radius 1 is 1.05 bits per heavy atom. The van der Waals surface area contributed by atoms with Crippen LogP contribution in [-0.4, -0.2) is 0 Å². The maximum atomic E-state index is 3.92. The summed E-state index contributed by atoms with van der Waals surface area (Å²) < 4.78 is 0. The van der Waals surface area contributed by atoms with Gasteiger partial charge in [-0.2, -0.15) is 0 Å². The molecule has 0 heterocycles. The van der Waals surface area contributed by atoms with Gasteiger partial charge in [-0.1, -0.05) is 83.7 Å². The van der Waals surface area contributed by atoms with E-state index in [-0.39, 0.29) is 0 Å². The Labute approximate surface area is 119 Å². The Kier molecular flexibility index (Phi) is 8.61. The highest BCUT2D eigenvalue weighted by molar-refractivity contribution is 5.85. The Balaban J connectivity index is 0.000000741. The zero-order valence-corrected chi connectivity index (χ0v) is 13.3. The first-order valence-corrected chi connectivity index (χ1v) is 7.38. The zero-order valence-electron chi connectivity index (χ0n) is 13.3. The molecule has 104 valence electrons. The molecule has 0 amide bonds. The van der Waals surface area contributed by atoms with Crippen LogP contribution in [0, 0.1) is 0 Å². The minimum atomic E-state index is 0.477. The van der Waals surface area contributed by atoms with Gasteiger partial charge >= 0.3 is 0 Å². The summed E-state index contributed by atoms with van der Waals surface area (Å²) in [5.74, 6) is 0.477. The summed E-state index contributed by atoms with van der Waals surface area (Å²) in [6.07, 6.45) is 6.26. The van der Waals surface area contributed by atoms with Crippen molar-refractivity contribution in [2.24, 2.45) is 0 Å². The predicted molar refractivity (Wildman–Crippen MR) is 89.5 cm³/mol. The second-order valence-electron chi connectivity index (χ2n) is 3.88. The predicted octanol–water partition coefficient (Wildman–Crippen LogP) is 6.37. The van der Waals surface area contributed by atoms with E-state index in [0.717, 1.165) is 0 Å². The average molecular weight is 256 g/mol. The molecule has 0 aliphatic heterocycles. The highest BCUT2D eigenvalue weighted by Crippen LogP contribution is 2.42. The smallest absolute Gasteiger partial charge is 0.00730 e. The minimum absolute atomic E-state index is 0.477. The van der Waals surface area contributed by atoms with Crippen LogP contribution in [0.5, 0.6) is 0 Å². The highest BCUT2D eigenvalue weighted by Gasteiger charge is 2.23. The van der Waals surface area contributed by atoms with E-state index in [1.807, 2.05) is 33.8 Å². The lowest BCUT2D eigenvalue weighted by Gasteiger charge is -2.06. The number of benzene rings is 1. The molecule has 0 nitrogen and oxygen atoms in total. The van der Waals surface area contributed by atoms with Crippen molar-refractivity contribution in [2.75, 3.05) is 0 Å². The van der Waals surface area contributed by atoms with Crippen LogP contribution in [0.3, 0.4) is 0 Å². The van der Waals surface area contributed by atoms with Crippen LogP contribution in [0.15, 0.2) is 54.6 Å². The van der Waals surface area contributed by atoms with E-state index in [1.165, 1.54) is 22.3 Å². The largest absolute Gasteiger partial charge is 0.0987 e. The summed E-state index contributed by atoms with van der Waals surface area (Å²) in [7, 11) is 0. The van der Waals surface area contributed by atoms with Crippen molar-refractivity contribution < 1.29 is 0 Å². The molecule has 0 aromatic heterocycles. The van der Waals surface area contributed by atoms with Crippen molar-refractivity contribution in [1.29, 1.82) is 0 Å². The van der Waals surface area contributed by atoms with E-state index >= 15 is 0 Å². The van der Waals surface area contributed by atoms with Gasteiger partial charge in [-0.25, -0.2) is 0 Å². The molecule has 0 spiro atoms. The van der Waals surface area contributed by atoms with Crippen molar-refractivity contribution in [3.8, 4) is 0 Å². The molecule has 0 heteroatoms. The number of allylic oxidation sites excluding steroid dienone is 5. The second kappa shape index (κ2) is 9.38. The Morgan fingerprint density at radius 2 is 1.63 bits per heavy atom. The molecule has 0 bridgehead atoms. The maximum absolute atomic E-state index is 3.92. The van der Waals surface area contributed by atoms with E-state index in [0.29, 0.717) is 5.92 Å². The van der Waals surface area contributed by atoms with Gasteiger partial charge < -0.3 is 0 Å². The molecule has 1 unspecified atom stereocenters. The summed E-state index contributed by atoms with van der Waals surface area (Å²) in [5.41, 5.74) is 5.45. The zero-order chi connectivity index (χ0) is 14.8. The molecule has 0 radical (unpaired) electrons. The number of hydrogen-bond donors (Lipinski definition) is 0. The van der Waals surface area contributed by atoms with E-state index in [4.69, 9.17) is 0 Å². The molecule has 2 rings (SSSR count). The number of fused-ring (bicyclic) bond motifs is 1. The van der Waals surface area contributed by atoms with Gasteiger partial charge in [-0.3, -0.25) is 0 Å². The first-order valence-electron chi connectivity index (χ1n) is 7.38. The Hall–Kier alpha value is -1.56. The molecule has 0 N–H and O–H groups in total. The lowest BCUT2D eigenvalue weighted by Crippen LogP contribution is -1.89. The quantitative estimate of drug-likeness (QED) is 0.576. The molecular formula is C19H28. The van der Waals surface area contributed by atoms with Crippen LogP contribution in [0.4, 0.5) is 0 Å². The lowest BCUT2D eigenvalue weighted by molar-refractivity contribution is 0.948. The van der Waals surface area contributed by atoms with Crippen molar-refractivity contribution in [1.82, 2.24) is 0 Å². The van der Waals surface area contributed by atoms with Crippen molar-refractivity contribution in [2.45, 2.75) is 47.5 Å². The SMILES string of the molecule is C=CC1=C(/C=C\C)c2ccccc2C1C.CC.CC. The molecule has 19 heavy (non-hydrogen) atoms. The van der Waals surface area contributed by atoms with Gasteiger partial charge in [0.05, 0.1) is 0 Å². The van der Waals surface area contributed by atoms with Gasteiger partial charge in [0.15, 0.2) is 0 Å². The molecule has 1 aromatic carbocycles. The standard InChI is InChI=1S/C15H16.2C2H6/c1-4-8-14-12(5-2)11(3)13-9-6-7-10-15(13)14;2*1-2/h4-11H,2H2,1,3H3;2*1-2H3/b8-4-;;. The first-order chi connectivity index (χ1) is 9.29. The maximum Gasteiger partial charge on any atom is 0.00730 e. The molecule has 1 aliphatic rings. The van der Waals surface area contributed by atoms with Crippen molar-refractivity contribution in [3.05, 3.63) is 65.8 Å². The van der Waals surface area contributed by atoms with Gasteiger partial charge in [0.1, 0.15) is 0 Å². The summed E-state index contributed by atoms with van der Waals surface area (Å²) in [4.78, 5) is 0. The number of hydrogen-bond acceptors (Lipinski definition) is 0. The summed E-state index contributed by atoms with van der Waals surface area (Å²) >= 11 is 0. The molecule has 0 saturated heterocycles. The van der Waals surface area contributed by atoms with Crippen LogP contribution >= 0.6 is 0 Å². The van der Waals surface area contributed by atoms with Gasteiger partial charge in [0.25, 0.3) is 0 Å². The van der Waals surface area contributed by atoms with E-state index in [9.17, 15) is 0 Å².